The topological polar surface area (TPSA) is 63.9 Å². The summed E-state index contributed by atoms with van der Waals surface area (Å²) in [5.74, 6) is 0. The van der Waals surface area contributed by atoms with Crippen molar-refractivity contribution in [3.63, 3.8) is 0 Å². The second-order valence-corrected chi connectivity index (χ2v) is 11.0. The number of thiazole rings is 1. The van der Waals surface area contributed by atoms with Gasteiger partial charge in [0.15, 0.2) is 4.96 Å². The average molecular weight is 484 g/mol. The number of fused-ring (bicyclic) bond motifs is 1. The van der Waals surface area contributed by atoms with Crippen LogP contribution in [0.1, 0.15) is 22.4 Å². The van der Waals surface area contributed by atoms with Crippen LogP contribution in [0.3, 0.4) is 0 Å². The monoisotopic (exact) mass is 483 g/mol. The third-order valence-electron chi connectivity index (χ3n) is 5.72. The highest BCUT2D eigenvalue weighted by atomic mass is 32.2. The molecule has 4 rings (SSSR count). The molecule has 0 spiro atoms. The first kappa shape index (κ1) is 23.6. The molecular weight excluding hydrogens is 454 g/mol. The van der Waals surface area contributed by atoms with Crippen LogP contribution >= 0.6 is 11.3 Å². The van der Waals surface area contributed by atoms with E-state index in [1.807, 2.05) is 69.4 Å². The summed E-state index contributed by atoms with van der Waals surface area (Å²) >= 11 is 1.57. The van der Waals surface area contributed by atoms with Crippen LogP contribution in [0.25, 0.3) is 16.2 Å². The SMILES string of the molecule is COCCN(CCc1csc2nc(-c3ccccc3)cn12)S(=O)(=O)c1c(C)cc(C)cc1C. The van der Waals surface area contributed by atoms with E-state index in [2.05, 4.69) is 9.78 Å². The summed E-state index contributed by atoms with van der Waals surface area (Å²) in [5.41, 5.74) is 5.62. The lowest BCUT2D eigenvalue weighted by Gasteiger charge is -2.24. The molecule has 33 heavy (non-hydrogen) atoms. The van der Waals surface area contributed by atoms with Crippen molar-refractivity contribution in [3.05, 3.63) is 76.4 Å². The van der Waals surface area contributed by atoms with Gasteiger partial charge in [-0.3, -0.25) is 4.40 Å². The molecule has 2 aromatic carbocycles. The van der Waals surface area contributed by atoms with Crippen molar-refractivity contribution in [2.75, 3.05) is 26.8 Å². The summed E-state index contributed by atoms with van der Waals surface area (Å²) in [6.45, 7) is 6.71. The molecule has 0 saturated heterocycles. The van der Waals surface area contributed by atoms with Gasteiger partial charge in [-0.25, -0.2) is 13.4 Å². The van der Waals surface area contributed by atoms with Gasteiger partial charge in [-0.2, -0.15) is 4.31 Å². The third-order valence-corrected chi connectivity index (χ3v) is 8.81. The first-order valence-electron chi connectivity index (χ1n) is 10.9. The summed E-state index contributed by atoms with van der Waals surface area (Å²) in [6, 6.07) is 13.9. The van der Waals surface area contributed by atoms with Gasteiger partial charge in [0.05, 0.1) is 17.2 Å². The highest BCUT2D eigenvalue weighted by Gasteiger charge is 2.28. The number of methoxy groups -OCH3 is 1. The molecule has 0 amide bonds. The number of benzene rings is 2. The van der Waals surface area contributed by atoms with E-state index >= 15 is 0 Å². The number of aryl methyl sites for hydroxylation is 3. The fourth-order valence-corrected chi connectivity index (χ4v) is 6.99. The molecule has 6 nitrogen and oxygen atoms in total. The van der Waals surface area contributed by atoms with Crippen LogP contribution in [0.4, 0.5) is 0 Å². The lowest BCUT2D eigenvalue weighted by molar-refractivity contribution is 0.179. The Balaban J connectivity index is 1.61. The molecule has 0 aliphatic rings. The number of hydrogen-bond donors (Lipinski definition) is 0. The smallest absolute Gasteiger partial charge is 0.243 e. The number of hydrogen-bond acceptors (Lipinski definition) is 5. The molecule has 2 heterocycles. The molecular formula is C25H29N3O3S2. The van der Waals surface area contributed by atoms with E-state index in [1.54, 1.807) is 22.8 Å². The predicted molar refractivity (Wildman–Crippen MR) is 133 cm³/mol. The van der Waals surface area contributed by atoms with Crippen molar-refractivity contribution in [2.45, 2.75) is 32.1 Å². The standard InChI is InChI=1S/C25H29N3O3S2/c1-18-14-19(2)24(20(3)15-18)33(29,30)27(12-13-31-4)11-10-22-17-32-25-26-23(16-28(22)25)21-8-6-5-7-9-21/h5-9,14-17H,10-13H2,1-4H3. The number of nitrogens with zero attached hydrogens (tertiary/aromatic N) is 3. The Kier molecular flexibility index (Phi) is 6.99. The zero-order valence-corrected chi connectivity index (χ0v) is 21.0. The fraction of sp³-hybridized carbons (Fsp3) is 0.320. The lowest BCUT2D eigenvalue weighted by atomic mass is 10.1. The van der Waals surface area contributed by atoms with Gasteiger partial charge in [-0.15, -0.1) is 11.3 Å². The summed E-state index contributed by atoms with van der Waals surface area (Å²) < 4.78 is 36.1. The van der Waals surface area contributed by atoms with E-state index < -0.39 is 10.0 Å². The highest BCUT2D eigenvalue weighted by molar-refractivity contribution is 7.89. The molecule has 174 valence electrons. The minimum atomic E-state index is -3.66. The number of imidazole rings is 1. The highest BCUT2D eigenvalue weighted by Crippen LogP contribution is 2.27. The summed E-state index contributed by atoms with van der Waals surface area (Å²) in [5, 5.41) is 2.06. The van der Waals surface area contributed by atoms with Crippen LogP contribution in [0, 0.1) is 20.8 Å². The van der Waals surface area contributed by atoms with Gasteiger partial charge >= 0.3 is 0 Å². The fourth-order valence-electron chi connectivity index (χ4n) is 4.24. The van der Waals surface area contributed by atoms with Crippen LogP contribution < -0.4 is 0 Å². The number of aromatic nitrogens is 2. The lowest BCUT2D eigenvalue weighted by Crippen LogP contribution is -2.36. The first-order valence-corrected chi connectivity index (χ1v) is 13.2. The summed E-state index contributed by atoms with van der Waals surface area (Å²) in [7, 11) is -2.07. The van der Waals surface area contributed by atoms with Gasteiger partial charge in [-0.05, 0) is 31.9 Å². The maximum absolute atomic E-state index is 13.7. The van der Waals surface area contributed by atoms with Crippen molar-refractivity contribution in [3.8, 4) is 11.3 Å². The van der Waals surface area contributed by atoms with Crippen LogP contribution in [-0.2, 0) is 21.2 Å². The Hall–Kier alpha value is -2.52. The molecule has 2 aromatic heterocycles. The minimum Gasteiger partial charge on any atom is -0.383 e. The van der Waals surface area contributed by atoms with Gasteiger partial charge in [0.2, 0.25) is 10.0 Å². The summed E-state index contributed by atoms with van der Waals surface area (Å²) in [6.07, 6.45) is 2.61. The molecule has 0 fully saturated rings. The molecule has 0 N–H and O–H groups in total. The Morgan fingerprint density at radius 2 is 1.76 bits per heavy atom. The van der Waals surface area contributed by atoms with E-state index in [0.717, 1.165) is 38.6 Å². The molecule has 0 unspecified atom stereocenters. The Labute approximate surface area is 199 Å². The maximum atomic E-state index is 13.7. The molecule has 8 heteroatoms. The van der Waals surface area contributed by atoms with E-state index in [1.165, 1.54) is 0 Å². The average Bonchev–Trinajstić information content (AvgIpc) is 3.35. The van der Waals surface area contributed by atoms with E-state index in [4.69, 9.17) is 9.72 Å². The van der Waals surface area contributed by atoms with Gasteiger partial charge in [-0.1, -0.05) is 48.0 Å². The Morgan fingerprint density at radius 3 is 2.42 bits per heavy atom. The van der Waals surface area contributed by atoms with Crippen LogP contribution in [0.15, 0.2) is 58.9 Å². The van der Waals surface area contributed by atoms with Gasteiger partial charge in [0, 0.05) is 49.5 Å². The zero-order chi connectivity index (χ0) is 23.6. The van der Waals surface area contributed by atoms with Gasteiger partial charge in [0.1, 0.15) is 0 Å². The number of rotatable bonds is 9. The van der Waals surface area contributed by atoms with E-state index in [0.29, 0.717) is 31.0 Å². The number of ether oxygens (including phenoxy) is 1. The third kappa shape index (κ3) is 4.89. The largest absolute Gasteiger partial charge is 0.383 e. The van der Waals surface area contributed by atoms with Gasteiger partial charge < -0.3 is 4.74 Å². The maximum Gasteiger partial charge on any atom is 0.243 e. The molecule has 0 aliphatic heterocycles. The van der Waals surface area contributed by atoms with Crippen molar-refractivity contribution >= 4 is 26.3 Å². The van der Waals surface area contributed by atoms with Crippen LogP contribution in [0.5, 0.6) is 0 Å². The first-order chi connectivity index (χ1) is 15.8. The molecule has 0 aliphatic carbocycles. The Morgan fingerprint density at radius 1 is 1.06 bits per heavy atom. The minimum absolute atomic E-state index is 0.304. The second kappa shape index (κ2) is 9.77. The van der Waals surface area contributed by atoms with Crippen molar-refractivity contribution in [1.29, 1.82) is 0 Å². The molecule has 0 radical (unpaired) electrons. The Bertz CT molecular complexity index is 1340. The summed E-state index contributed by atoms with van der Waals surface area (Å²) in [4.78, 5) is 6.04. The quantitative estimate of drug-likeness (QED) is 0.341. The second-order valence-electron chi connectivity index (χ2n) is 8.25. The predicted octanol–water partition coefficient (Wildman–Crippen LogP) is 4.87. The van der Waals surface area contributed by atoms with Gasteiger partial charge in [0.25, 0.3) is 0 Å². The van der Waals surface area contributed by atoms with E-state index in [-0.39, 0.29) is 0 Å². The number of sulfonamides is 1. The van der Waals surface area contributed by atoms with E-state index in [9.17, 15) is 8.42 Å². The van der Waals surface area contributed by atoms with Crippen LogP contribution in [-0.4, -0.2) is 48.9 Å². The molecule has 0 atom stereocenters. The van der Waals surface area contributed by atoms with Crippen molar-refractivity contribution in [1.82, 2.24) is 13.7 Å². The van der Waals surface area contributed by atoms with Crippen molar-refractivity contribution in [2.24, 2.45) is 0 Å². The van der Waals surface area contributed by atoms with Crippen molar-refractivity contribution < 1.29 is 13.2 Å². The molecule has 4 aromatic rings. The normalized spacial score (nSPS) is 12.2. The zero-order valence-electron chi connectivity index (χ0n) is 19.4. The van der Waals surface area contributed by atoms with Crippen LogP contribution in [0.2, 0.25) is 0 Å². The molecule has 0 bridgehead atoms. The molecule has 0 saturated carbocycles.